The van der Waals surface area contributed by atoms with E-state index in [0.717, 1.165) is 11.6 Å². The van der Waals surface area contributed by atoms with E-state index in [0.29, 0.717) is 6.42 Å². The van der Waals surface area contributed by atoms with E-state index in [2.05, 4.69) is 16.2 Å². The molecule has 10 nitrogen and oxygen atoms in total. The number of alkyl carbamates (subject to hydrolysis) is 1. The van der Waals surface area contributed by atoms with Gasteiger partial charge in [0.25, 0.3) is 17.5 Å². The van der Waals surface area contributed by atoms with E-state index in [-0.39, 0.29) is 23.8 Å². The summed E-state index contributed by atoms with van der Waals surface area (Å²) < 4.78 is 5.15. The van der Waals surface area contributed by atoms with Crippen LogP contribution in [0.4, 0.5) is 10.5 Å². The lowest BCUT2D eigenvalue weighted by molar-refractivity contribution is -0.384. The van der Waals surface area contributed by atoms with Crippen molar-refractivity contribution >= 4 is 23.6 Å². The fourth-order valence-corrected chi connectivity index (χ4v) is 2.62. The average Bonchev–Trinajstić information content (AvgIpc) is 2.79. The topological polar surface area (TPSA) is 140 Å². The van der Waals surface area contributed by atoms with Crippen LogP contribution in [0.3, 0.4) is 0 Å². The zero-order valence-corrected chi connectivity index (χ0v) is 17.2. The maximum Gasteiger partial charge on any atom is 0.408 e. The molecule has 0 fully saturated rings. The molecule has 3 N–H and O–H groups in total. The number of non-ortho nitro benzene ring substituents is 1. The predicted molar refractivity (Wildman–Crippen MR) is 112 cm³/mol. The SMILES string of the molecule is CC[C@H](C)[C@H](NC(=O)OCc1ccccc1)C(=O)NNC(=O)c1cccc([N+](=O)[O-])c1. The van der Waals surface area contributed by atoms with Crippen molar-refractivity contribution in [2.75, 3.05) is 0 Å². The Morgan fingerprint density at radius 3 is 2.42 bits per heavy atom. The Kier molecular flexibility index (Phi) is 8.50. The lowest BCUT2D eigenvalue weighted by Crippen LogP contribution is -2.54. The molecule has 0 spiro atoms. The lowest BCUT2D eigenvalue weighted by atomic mass is 9.99. The van der Waals surface area contributed by atoms with Crippen LogP contribution in [-0.4, -0.2) is 28.9 Å². The number of hydrogen-bond acceptors (Lipinski definition) is 6. The second-order valence-electron chi connectivity index (χ2n) is 6.82. The Bertz CT molecular complexity index is 934. The highest BCUT2D eigenvalue weighted by molar-refractivity contribution is 5.96. The van der Waals surface area contributed by atoms with Crippen LogP contribution >= 0.6 is 0 Å². The maximum atomic E-state index is 12.6. The van der Waals surface area contributed by atoms with Gasteiger partial charge in [0.05, 0.1) is 4.92 Å². The van der Waals surface area contributed by atoms with Crippen molar-refractivity contribution in [3.8, 4) is 0 Å². The molecule has 10 heteroatoms. The maximum absolute atomic E-state index is 12.6. The molecule has 0 aliphatic carbocycles. The van der Waals surface area contributed by atoms with Crippen molar-refractivity contribution in [2.45, 2.75) is 32.9 Å². The van der Waals surface area contributed by atoms with Crippen LogP contribution in [0, 0.1) is 16.0 Å². The summed E-state index contributed by atoms with van der Waals surface area (Å²) in [6.07, 6.45) is -0.190. The summed E-state index contributed by atoms with van der Waals surface area (Å²) in [5.41, 5.74) is 5.00. The summed E-state index contributed by atoms with van der Waals surface area (Å²) in [6.45, 7) is 3.67. The lowest BCUT2D eigenvalue weighted by Gasteiger charge is -2.23. The van der Waals surface area contributed by atoms with Gasteiger partial charge in [-0.05, 0) is 17.5 Å². The van der Waals surface area contributed by atoms with Crippen LogP contribution < -0.4 is 16.2 Å². The molecule has 0 aromatic heterocycles. The van der Waals surface area contributed by atoms with Crippen molar-refractivity contribution in [3.63, 3.8) is 0 Å². The Labute approximate surface area is 179 Å². The second-order valence-corrected chi connectivity index (χ2v) is 6.82. The zero-order valence-electron chi connectivity index (χ0n) is 17.2. The number of nitrogens with one attached hydrogen (secondary N) is 3. The van der Waals surface area contributed by atoms with E-state index in [1.807, 2.05) is 25.1 Å². The molecule has 2 aromatic rings. The molecule has 0 aliphatic rings. The van der Waals surface area contributed by atoms with Gasteiger partial charge in [0, 0.05) is 17.7 Å². The van der Waals surface area contributed by atoms with E-state index in [1.54, 1.807) is 19.1 Å². The van der Waals surface area contributed by atoms with Crippen LogP contribution in [0.1, 0.15) is 36.2 Å². The Morgan fingerprint density at radius 2 is 1.77 bits per heavy atom. The van der Waals surface area contributed by atoms with Crippen LogP contribution in [0.5, 0.6) is 0 Å². The molecule has 2 rings (SSSR count). The number of nitrogens with zero attached hydrogens (tertiary/aromatic N) is 1. The van der Waals surface area contributed by atoms with Gasteiger partial charge in [-0.3, -0.25) is 30.6 Å². The van der Waals surface area contributed by atoms with Crippen LogP contribution in [0.25, 0.3) is 0 Å². The van der Waals surface area contributed by atoms with Gasteiger partial charge in [-0.2, -0.15) is 0 Å². The minimum atomic E-state index is -0.960. The van der Waals surface area contributed by atoms with Crippen LogP contribution in [-0.2, 0) is 16.1 Å². The number of carbonyl (C=O) groups excluding carboxylic acids is 3. The van der Waals surface area contributed by atoms with Crippen molar-refractivity contribution < 1.29 is 24.0 Å². The summed E-state index contributed by atoms with van der Waals surface area (Å²) in [5.74, 6) is -1.63. The van der Waals surface area contributed by atoms with Gasteiger partial charge < -0.3 is 10.1 Å². The molecule has 164 valence electrons. The van der Waals surface area contributed by atoms with Crippen LogP contribution in [0.15, 0.2) is 54.6 Å². The number of amides is 3. The summed E-state index contributed by atoms with van der Waals surface area (Å²) in [4.78, 5) is 47.1. The van der Waals surface area contributed by atoms with Gasteiger partial charge in [0.2, 0.25) is 0 Å². The van der Waals surface area contributed by atoms with E-state index in [9.17, 15) is 24.5 Å². The van der Waals surface area contributed by atoms with Gasteiger partial charge in [0.15, 0.2) is 0 Å². The first-order valence-corrected chi connectivity index (χ1v) is 9.63. The molecule has 0 saturated carbocycles. The predicted octanol–water partition coefficient (Wildman–Crippen LogP) is 2.70. The minimum absolute atomic E-state index is 0.00446. The van der Waals surface area contributed by atoms with E-state index in [4.69, 9.17) is 4.74 Å². The number of nitro benzene ring substituents is 1. The van der Waals surface area contributed by atoms with Crippen LogP contribution in [0.2, 0.25) is 0 Å². The van der Waals surface area contributed by atoms with Gasteiger partial charge in [-0.25, -0.2) is 4.79 Å². The summed E-state index contributed by atoms with van der Waals surface area (Å²) in [7, 11) is 0. The second kappa shape index (κ2) is 11.3. The largest absolute Gasteiger partial charge is 0.445 e. The molecule has 31 heavy (non-hydrogen) atoms. The number of nitro groups is 1. The molecule has 0 aliphatic heterocycles. The third-order valence-corrected chi connectivity index (χ3v) is 4.60. The molecule has 3 amide bonds. The molecule has 0 saturated heterocycles. The number of carbonyl (C=O) groups is 3. The Hall–Kier alpha value is -3.95. The molecular weight excluding hydrogens is 404 g/mol. The average molecular weight is 428 g/mol. The van der Waals surface area contributed by atoms with Gasteiger partial charge in [0.1, 0.15) is 12.6 Å². The monoisotopic (exact) mass is 428 g/mol. The number of benzene rings is 2. The fourth-order valence-electron chi connectivity index (χ4n) is 2.62. The number of ether oxygens (including phenoxy) is 1. The molecule has 0 bridgehead atoms. The molecule has 2 atom stereocenters. The van der Waals surface area contributed by atoms with Gasteiger partial charge in [-0.15, -0.1) is 0 Å². The highest BCUT2D eigenvalue weighted by atomic mass is 16.6. The third kappa shape index (κ3) is 7.11. The van der Waals surface area contributed by atoms with Gasteiger partial charge >= 0.3 is 6.09 Å². The first kappa shape index (κ1) is 23.3. The fraction of sp³-hybridized carbons (Fsp3) is 0.286. The number of hydrazine groups is 1. The highest BCUT2D eigenvalue weighted by Gasteiger charge is 2.27. The molecule has 0 unspecified atom stereocenters. The molecular formula is C21H24N4O6. The molecule has 2 aromatic carbocycles. The highest BCUT2D eigenvalue weighted by Crippen LogP contribution is 2.13. The first-order chi connectivity index (χ1) is 14.8. The van der Waals surface area contributed by atoms with Crippen molar-refractivity contribution in [2.24, 2.45) is 5.92 Å². The molecule has 0 radical (unpaired) electrons. The third-order valence-electron chi connectivity index (χ3n) is 4.60. The summed E-state index contributed by atoms with van der Waals surface area (Å²) >= 11 is 0. The van der Waals surface area contributed by atoms with Crippen molar-refractivity contribution in [1.29, 1.82) is 0 Å². The quantitative estimate of drug-likeness (QED) is 0.436. The zero-order chi connectivity index (χ0) is 22.8. The number of hydrogen-bond donors (Lipinski definition) is 3. The van der Waals surface area contributed by atoms with Gasteiger partial charge in [-0.1, -0.05) is 56.7 Å². The van der Waals surface area contributed by atoms with Crippen molar-refractivity contribution in [1.82, 2.24) is 16.2 Å². The van der Waals surface area contributed by atoms with E-state index in [1.165, 1.54) is 18.2 Å². The molecule has 0 heterocycles. The number of rotatable bonds is 8. The van der Waals surface area contributed by atoms with E-state index >= 15 is 0 Å². The minimum Gasteiger partial charge on any atom is -0.445 e. The summed E-state index contributed by atoms with van der Waals surface area (Å²) in [6, 6.07) is 13.2. The Morgan fingerprint density at radius 1 is 1.06 bits per heavy atom. The first-order valence-electron chi connectivity index (χ1n) is 9.63. The van der Waals surface area contributed by atoms with Crippen molar-refractivity contribution in [3.05, 3.63) is 75.8 Å². The Balaban J connectivity index is 1.94. The normalized spacial score (nSPS) is 12.2. The smallest absolute Gasteiger partial charge is 0.408 e. The standard InChI is InChI=1S/C21H24N4O6/c1-3-14(2)18(22-21(28)31-13-15-8-5-4-6-9-15)20(27)24-23-19(26)16-10-7-11-17(12-16)25(29)30/h4-12,14,18H,3,13H2,1-2H3,(H,22,28)(H,23,26)(H,24,27)/t14-,18-/m0/s1. The summed E-state index contributed by atoms with van der Waals surface area (Å²) in [5, 5.41) is 13.3. The van der Waals surface area contributed by atoms with E-state index < -0.39 is 28.9 Å².